The number of allylic oxidation sites excluding steroid dienone is 1. The third-order valence-corrected chi connectivity index (χ3v) is 3.72. The van der Waals surface area contributed by atoms with Gasteiger partial charge in [-0.15, -0.1) is 0 Å². The second-order valence-electron chi connectivity index (χ2n) is 3.35. The summed E-state index contributed by atoms with van der Waals surface area (Å²) >= 11 is 0. The third-order valence-electron chi connectivity index (χ3n) is 2.30. The molecule has 1 atom stereocenters. The van der Waals surface area contributed by atoms with Crippen LogP contribution in [0.1, 0.15) is 0 Å². The predicted octanol–water partition coefficient (Wildman–Crippen LogP) is -0.493. The van der Waals surface area contributed by atoms with E-state index in [0.717, 1.165) is 19.6 Å². The van der Waals surface area contributed by atoms with Gasteiger partial charge in [0.2, 0.25) is 0 Å². The average Bonchev–Trinajstić information content (AvgIpc) is 2.58. The van der Waals surface area contributed by atoms with Crippen molar-refractivity contribution in [3.05, 3.63) is 11.5 Å². The van der Waals surface area contributed by atoms with Gasteiger partial charge in [0.15, 0.2) is 15.8 Å². The van der Waals surface area contributed by atoms with Gasteiger partial charge in [-0.3, -0.25) is 9.59 Å². The summed E-state index contributed by atoms with van der Waals surface area (Å²) in [5.41, 5.74) is 0. The van der Waals surface area contributed by atoms with Gasteiger partial charge in [0, 0.05) is 11.3 Å². The highest BCUT2D eigenvalue weighted by atomic mass is 32.2. The summed E-state index contributed by atoms with van der Waals surface area (Å²) in [6.07, 6.45) is 1.31. The Morgan fingerprint density at radius 3 is 2.06 bits per heavy atom. The van der Waals surface area contributed by atoms with Crippen LogP contribution in [0, 0.1) is 11.8 Å². The number of carbonyl (C=O) groups excluding carboxylic acids is 2. The Morgan fingerprint density at radius 1 is 1.25 bits per heavy atom. The predicted molar refractivity (Wildman–Crippen MR) is 53.9 cm³/mol. The molecule has 0 aromatic heterocycles. The molecule has 0 aromatic rings. The van der Waals surface area contributed by atoms with E-state index in [1.807, 2.05) is 0 Å². The number of methoxy groups -OCH3 is 2. The minimum absolute atomic E-state index is 0.276. The van der Waals surface area contributed by atoms with E-state index in [-0.39, 0.29) is 5.75 Å². The smallest absolute Gasteiger partial charge is 0.320 e. The van der Waals surface area contributed by atoms with Crippen molar-refractivity contribution < 1.29 is 27.5 Å². The third kappa shape index (κ3) is 2.60. The van der Waals surface area contributed by atoms with Gasteiger partial charge in [0.05, 0.1) is 20.0 Å². The van der Waals surface area contributed by atoms with Crippen LogP contribution in [0.4, 0.5) is 0 Å². The molecule has 0 radical (unpaired) electrons. The van der Waals surface area contributed by atoms with E-state index in [1.165, 1.54) is 6.08 Å². The van der Waals surface area contributed by atoms with Crippen molar-refractivity contribution in [1.29, 1.82) is 0 Å². The Bertz CT molecular complexity index is 405. The summed E-state index contributed by atoms with van der Waals surface area (Å²) in [5.74, 6) is -3.80. The second-order valence-corrected chi connectivity index (χ2v) is 5.28. The number of esters is 2. The highest BCUT2D eigenvalue weighted by Crippen LogP contribution is 2.25. The molecular weight excluding hydrogens is 236 g/mol. The number of sulfone groups is 1. The van der Waals surface area contributed by atoms with E-state index in [0.29, 0.717) is 0 Å². The lowest BCUT2D eigenvalue weighted by Crippen LogP contribution is -2.34. The van der Waals surface area contributed by atoms with Crippen LogP contribution >= 0.6 is 0 Å². The summed E-state index contributed by atoms with van der Waals surface area (Å²) in [6, 6.07) is 0. The number of hydrogen-bond acceptors (Lipinski definition) is 6. The van der Waals surface area contributed by atoms with Gasteiger partial charge >= 0.3 is 11.9 Å². The Hall–Kier alpha value is -1.37. The fourth-order valence-corrected chi connectivity index (χ4v) is 2.90. The number of ether oxygens (including phenoxy) is 2. The van der Waals surface area contributed by atoms with Gasteiger partial charge in [0.25, 0.3) is 0 Å². The van der Waals surface area contributed by atoms with Crippen molar-refractivity contribution in [2.24, 2.45) is 11.8 Å². The lowest BCUT2D eigenvalue weighted by molar-refractivity contribution is -0.160. The molecule has 0 amide bonds. The topological polar surface area (TPSA) is 86.7 Å². The molecule has 0 bridgehead atoms. The highest BCUT2D eigenvalue weighted by Gasteiger charge is 2.40. The van der Waals surface area contributed by atoms with Gasteiger partial charge in [-0.2, -0.15) is 0 Å². The van der Waals surface area contributed by atoms with E-state index in [2.05, 4.69) is 9.47 Å². The molecule has 1 aliphatic rings. The van der Waals surface area contributed by atoms with E-state index in [4.69, 9.17) is 0 Å². The molecule has 0 saturated carbocycles. The van der Waals surface area contributed by atoms with Crippen molar-refractivity contribution in [1.82, 2.24) is 0 Å². The minimum Gasteiger partial charge on any atom is -0.468 e. The average molecular weight is 248 g/mol. The molecule has 6 nitrogen and oxygen atoms in total. The Kier molecular flexibility index (Phi) is 3.69. The summed E-state index contributed by atoms with van der Waals surface area (Å²) in [6.45, 7) is 0. The van der Waals surface area contributed by atoms with Crippen LogP contribution in [0.2, 0.25) is 0 Å². The molecule has 1 heterocycles. The number of rotatable bonds is 3. The fraction of sp³-hybridized carbons (Fsp3) is 0.556. The van der Waals surface area contributed by atoms with Gasteiger partial charge in [0.1, 0.15) is 0 Å². The van der Waals surface area contributed by atoms with Crippen molar-refractivity contribution in [3.8, 4) is 0 Å². The van der Waals surface area contributed by atoms with Crippen molar-refractivity contribution >= 4 is 21.8 Å². The summed E-state index contributed by atoms with van der Waals surface area (Å²) < 4.78 is 31.2. The first-order valence-corrected chi connectivity index (χ1v) is 6.19. The molecule has 7 heteroatoms. The maximum Gasteiger partial charge on any atom is 0.320 e. The maximum atomic E-state index is 11.4. The molecule has 16 heavy (non-hydrogen) atoms. The Morgan fingerprint density at radius 2 is 1.75 bits per heavy atom. The van der Waals surface area contributed by atoms with Gasteiger partial charge in [-0.1, -0.05) is 6.08 Å². The van der Waals surface area contributed by atoms with Gasteiger partial charge in [-0.25, -0.2) is 8.42 Å². The quantitative estimate of drug-likeness (QED) is 0.494. The van der Waals surface area contributed by atoms with Gasteiger partial charge in [-0.05, 0) is 0 Å². The largest absolute Gasteiger partial charge is 0.468 e. The Labute approximate surface area is 93.1 Å². The molecule has 0 aromatic carbocycles. The summed E-state index contributed by atoms with van der Waals surface area (Å²) in [4.78, 5) is 22.7. The zero-order valence-corrected chi connectivity index (χ0v) is 9.69. The first kappa shape index (κ1) is 12.7. The van der Waals surface area contributed by atoms with Crippen LogP contribution in [0.5, 0.6) is 0 Å². The van der Waals surface area contributed by atoms with E-state index in [9.17, 15) is 18.0 Å². The molecule has 0 saturated heterocycles. The minimum atomic E-state index is -3.32. The zero-order valence-electron chi connectivity index (χ0n) is 8.87. The van der Waals surface area contributed by atoms with Crippen LogP contribution in [-0.4, -0.2) is 40.3 Å². The molecule has 90 valence electrons. The SMILES string of the molecule is COC(=O)C(C(=O)OC)[C@H]1C=CS(=O)(=O)C1. The van der Waals surface area contributed by atoms with E-state index < -0.39 is 33.6 Å². The van der Waals surface area contributed by atoms with Crippen molar-refractivity contribution in [2.45, 2.75) is 0 Å². The van der Waals surface area contributed by atoms with Crippen LogP contribution < -0.4 is 0 Å². The molecule has 1 aliphatic heterocycles. The summed E-state index contributed by atoms with van der Waals surface area (Å²) in [5, 5.41) is 0.997. The zero-order chi connectivity index (χ0) is 12.3. The monoisotopic (exact) mass is 248 g/mol. The maximum absolute atomic E-state index is 11.4. The van der Waals surface area contributed by atoms with Crippen molar-refractivity contribution in [2.75, 3.05) is 20.0 Å². The number of hydrogen-bond donors (Lipinski definition) is 0. The second kappa shape index (κ2) is 4.65. The highest BCUT2D eigenvalue weighted by molar-refractivity contribution is 7.94. The van der Waals surface area contributed by atoms with Crippen LogP contribution in [0.25, 0.3) is 0 Å². The molecule has 0 aliphatic carbocycles. The molecule has 0 N–H and O–H groups in total. The molecule has 1 rings (SSSR count). The molecule has 0 unspecified atom stereocenters. The Balaban J connectivity index is 2.92. The first-order chi connectivity index (χ1) is 7.41. The molecular formula is C9H12O6S. The lowest BCUT2D eigenvalue weighted by atomic mass is 9.94. The summed E-state index contributed by atoms with van der Waals surface area (Å²) in [7, 11) is -1.06. The molecule has 0 fully saturated rings. The van der Waals surface area contributed by atoms with Gasteiger partial charge < -0.3 is 9.47 Å². The standard InChI is InChI=1S/C9H12O6S/c1-14-8(10)7(9(11)15-2)6-3-4-16(12,13)5-6/h3-4,6-7H,5H2,1-2H3/t6-/m0/s1. The van der Waals surface area contributed by atoms with Crippen LogP contribution in [0.3, 0.4) is 0 Å². The first-order valence-electron chi connectivity index (χ1n) is 4.48. The van der Waals surface area contributed by atoms with E-state index in [1.54, 1.807) is 0 Å². The van der Waals surface area contributed by atoms with E-state index >= 15 is 0 Å². The van der Waals surface area contributed by atoms with Crippen LogP contribution in [-0.2, 0) is 28.9 Å². The number of carbonyl (C=O) groups is 2. The normalized spacial score (nSPS) is 22.1. The lowest BCUT2D eigenvalue weighted by Gasteiger charge is -2.16. The molecule has 0 spiro atoms. The fourth-order valence-electron chi connectivity index (χ4n) is 1.51. The van der Waals surface area contributed by atoms with Crippen molar-refractivity contribution in [3.63, 3.8) is 0 Å². The van der Waals surface area contributed by atoms with Crippen LogP contribution in [0.15, 0.2) is 11.5 Å².